The van der Waals surface area contributed by atoms with Crippen molar-refractivity contribution in [1.82, 2.24) is 14.8 Å². The largest absolute Gasteiger partial charge is 0.486 e. The monoisotopic (exact) mass is 458 g/mol. The van der Waals surface area contributed by atoms with Gasteiger partial charge < -0.3 is 14.6 Å². The molecule has 0 atom stereocenters. The summed E-state index contributed by atoms with van der Waals surface area (Å²) in [6, 6.07) is 12.3. The first-order valence-electron chi connectivity index (χ1n) is 9.72. The number of ketones is 1. The second-order valence-electron chi connectivity index (χ2n) is 6.81. The number of anilines is 1. The minimum Gasteiger partial charge on any atom is -0.486 e. The molecule has 0 fully saturated rings. The Morgan fingerprint density at radius 3 is 2.55 bits per heavy atom. The summed E-state index contributed by atoms with van der Waals surface area (Å²) in [4.78, 5) is 23.6. The van der Waals surface area contributed by atoms with Gasteiger partial charge in [0.15, 0.2) is 16.8 Å². The summed E-state index contributed by atoms with van der Waals surface area (Å²) >= 11 is 7.35. The van der Waals surface area contributed by atoms with Gasteiger partial charge in [0.25, 0.3) is 0 Å². The van der Waals surface area contributed by atoms with E-state index in [9.17, 15) is 9.59 Å². The lowest BCUT2D eigenvalue weighted by atomic mass is 10.1. The van der Waals surface area contributed by atoms with E-state index in [0.29, 0.717) is 39.5 Å². The average Bonchev–Trinajstić information content (AvgIpc) is 3.15. The van der Waals surface area contributed by atoms with Crippen molar-refractivity contribution in [2.45, 2.75) is 39.1 Å². The molecule has 162 valence electrons. The van der Waals surface area contributed by atoms with Gasteiger partial charge in [-0.05, 0) is 68.8 Å². The molecular formula is C22H23ClN4O3S. The molecule has 3 aromatic rings. The van der Waals surface area contributed by atoms with Crippen LogP contribution in [0.5, 0.6) is 5.75 Å². The Morgan fingerprint density at radius 1 is 1.16 bits per heavy atom. The zero-order valence-electron chi connectivity index (χ0n) is 17.5. The van der Waals surface area contributed by atoms with Gasteiger partial charge in [0, 0.05) is 22.8 Å². The minimum absolute atomic E-state index is 0.0154. The van der Waals surface area contributed by atoms with Crippen molar-refractivity contribution in [3.63, 3.8) is 0 Å². The summed E-state index contributed by atoms with van der Waals surface area (Å²) in [5.74, 6) is 1.39. The first kappa shape index (κ1) is 22.8. The maximum atomic E-state index is 12.3. The van der Waals surface area contributed by atoms with E-state index >= 15 is 0 Å². The number of benzene rings is 2. The van der Waals surface area contributed by atoms with E-state index < -0.39 is 0 Å². The number of ether oxygens (including phenoxy) is 1. The zero-order valence-corrected chi connectivity index (χ0v) is 19.1. The minimum atomic E-state index is -0.166. The predicted octanol–water partition coefficient (Wildman–Crippen LogP) is 4.77. The molecule has 0 unspecified atom stereocenters. The molecule has 0 aliphatic carbocycles. The number of thioether (sulfide) groups is 1. The first-order chi connectivity index (χ1) is 14.9. The molecule has 1 aromatic heterocycles. The Kier molecular flexibility index (Phi) is 7.70. The highest BCUT2D eigenvalue weighted by atomic mass is 35.5. The molecule has 31 heavy (non-hydrogen) atoms. The lowest BCUT2D eigenvalue weighted by Crippen LogP contribution is -2.15. The van der Waals surface area contributed by atoms with Crippen molar-refractivity contribution < 1.29 is 14.3 Å². The van der Waals surface area contributed by atoms with Crippen LogP contribution in [-0.2, 0) is 17.9 Å². The Hall–Kier alpha value is -2.84. The van der Waals surface area contributed by atoms with Gasteiger partial charge in [-0.25, -0.2) is 0 Å². The highest BCUT2D eigenvalue weighted by Gasteiger charge is 2.14. The summed E-state index contributed by atoms with van der Waals surface area (Å²) in [7, 11) is 0. The van der Waals surface area contributed by atoms with Crippen molar-refractivity contribution in [2.75, 3.05) is 11.1 Å². The quantitative estimate of drug-likeness (QED) is 0.367. The number of halogens is 1. The molecule has 0 spiro atoms. The Bertz CT molecular complexity index is 1080. The number of carbonyl (C=O) groups excluding carboxylic acids is 2. The van der Waals surface area contributed by atoms with Crippen LogP contribution >= 0.6 is 23.4 Å². The van der Waals surface area contributed by atoms with Crippen molar-refractivity contribution in [2.24, 2.45) is 0 Å². The Morgan fingerprint density at radius 2 is 1.90 bits per heavy atom. The molecule has 1 heterocycles. The van der Waals surface area contributed by atoms with Crippen LogP contribution in [0.25, 0.3) is 0 Å². The van der Waals surface area contributed by atoms with Gasteiger partial charge in [0.1, 0.15) is 12.4 Å². The highest BCUT2D eigenvalue weighted by Crippen LogP contribution is 2.23. The molecule has 0 aliphatic heterocycles. The maximum absolute atomic E-state index is 12.3. The molecule has 1 N–H and O–H groups in total. The molecular weight excluding hydrogens is 436 g/mol. The first-order valence-corrected chi connectivity index (χ1v) is 11.1. The number of rotatable bonds is 9. The number of hydrogen-bond donors (Lipinski definition) is 1. The normalized spacial score (nSPS) is 10.7. The van der Waals surface area contributed by atoms with Crippen LogP contribution in [0.1, 0.15) is 35.6 Å². The summed E-state index contributed by atoms with van der Waals surface area (Å²) in [5, 5.41) is 12.6. The zero-order chi connectivity index (χ0) is 22.4. The highest BCUT2D eigenvalue weighted by molar-refractivity contribution is 7.99. The van der Waals surface area contributed by atoms with Gasteiger partial charge in [0.2, 0.25) is 5.91 Å². The summed E-state index contributed by atoms with van der Waals surface area (Å²) in [6.45, 7) is 6.32. The molecule has 3 rings (SSSR count). The van der Waals surface area contributed by atoms with Gasteiger partial charge in [-0.2, -0.15) is 0 Å². The van der Waals surface area contributed by atoms with Crippen molar-refractivity contribution >= 4 is 40.7 Å². The van der Waals surface area contributed by atoms with Crippen LogP contribution in [-0.4, -0.2) is 32.2 Å². The van der Waals surface area contributed by atoms with E-state index in [0.717, 1.165) is 5.56 Å². The molecule has 0 bridgehead atoms. The molecule has 0 saturated heterocycles. The van der Waals surface area contributed by atoms with Crippen LogP contribution in [0.4, 0.5) is 5.69 Å². The fourth-order valence-electron chi connectivity index (χ4n) is 2.82. The van der Waals surface area contributed by atoms with Crippen molar-refractivity contribution in [3.8, 4) is 5.75 Å². The third-order valence-electron chi connectivity index (χ3n) is 4.51. The van der Waals surface area contributed by atoms with Crippen molar-refractivity contribution in [1.29, 1.82) is 0 Å². The van der Waals surface area contributed by atoms with E-state index in [1.54, 1.807) is 30.3 Å². The van der Waals surface area contributed by atoms with E-state index in [1.807, 2.05) is 30.5 Å². The molecule has 7 nitrogen and oxygen atoms in total. The smallest absolute Gasteiger partial charge is 0.234 e. The number of aromatic nitrogens is 3. The number of nitrogens with zero attached hydrogens (tertiary/aromatic N) is 3. The van der Waals surface area contributed by atoms with Gasteiger partial charge in [-0.3, -0.25) is 9.59 Å². The molecule has 0 saturated carbocycles. The number of aryl methyl sites for hydroxylation is 1. The fraction of sp³-hybridized carbons (Fsp3) is 0.273. The summed E-state index contributed by atoms with van der Waals surface area (Å²) in [6.07, 6.45) is 0. The van der Waals surface area contributed by atoms with Crippen LogP contribution in [0.2, 0.25) is 5.02 Å². The molecule has 0 radical (unpaired) electrons. The lowest BCUT2D eigenvalue weighted by molar-refractivity contribution is -0.113. The standard InChI is InChI=1S/C22H23ClN4O3S/c1-4-27-20(12-30-18-9-10-19(23)14(2)11-18)25-26-22(27)31-13-21(29)24-17-7-5-16(6-8-17)15(3)28/h5-11H,4,12-13H2,1-3H3,(H,24,29). The van der Waals surface area contributed by atoms with E-state index in [1.165, 1.54) is 18.7 Å². The van der Waals surface area contributed by atoms with Crippen LogP contribution in [0.15, 0.2) is 47.6 Å². The van der Waals surface area contributed by atoms with Crippen molar-refractivity contribution in [3.05, 3.63) is 64.4 Å². The number of amides is 1. The second-order valence-corrected chi connectivity index (χ2v) is 8.16. The van der Waals surface area contributed by atoms with Gasteiger partial charge in [-0.1, -0.05) is 23.4 Å². The van der Waals surface area contributed by atoms with Gasteiger partial charge >= 0.3 is 0 Å². The van der Waals surface area contributed by atoms with Crippen LogP contribution < -0.4 is 10.1 Å². The van der Waals surface area contributed by atoms with Gasteiger partial charge in [0.05, 0.1) is 5.75 Å². The topological polar surface area (TPSA) is 86.1 Å². The van der Waals surface area contributed by atoms with E-state index in [-0.39, 0.29) is 24.1 Å². The predicted molar refractivity (Wildman–Crippen MR) is 122 cm³/mol. The van der Waals surface area contributed by atoms with Crippen LogP contribution in [0.3, 0.4) is 0 Å². The number of carbonyl (C=O) groups is 2. The van der Waals surface area contributed by atoms with Gasteiger partial charge in [-0.15, -0.1) is 10.2 Å². The average molecular weight is 459 g/mol. The molecule has 9 heteroatoms. The number of hydrogen-bond acceptors (Lipinski definition) is 6. The number of Topliss-reactive ketones (excluding diaryl/α,β-unsaturated/α-hetero) is 1. The Labute approximate surface area is 190 Å². The van der Waals surface area contributed by atoms with E-state index in [4.69, 9.17) is 16.3 Å². The second kappa shape index (κ2) is 10.5. The molecule has 1 amide bonds. The number of nitrogens with one attached hydrogen (secondary N) is 1. The fourth-order valence-corrected chi connectivity index (χ4v) is 3.76. The lowest BCUT2D eigenvalue weighted by Gasteiger charge is -2.10. The molecule has 2 aromatic carbocycles. The van der Waals surface area contributed by atoms with E-state index in [2.05, 4.69) is 15.5 Å². The maximum Gasteiger partial charge on any atom is 0.234 e. The summed E-state index contributed by atoms with van der Waals surface area (Å²) in [5.41, 5.74) is 2.18. The summed E-state index contributed by atoms with van der Waals surface area (Å²) < 4.78 is 7.74. The third kappa shape index (κ3) is 6.08. The molecule has 0 aliphatic rings. The van der Waals surface area contributed by atoms with Crippen LogP contribution in [0, 0.1) is 6.92 Å². The SMILES string of the molecule is CCn1c(COc2ccc(Cl)c(C)c2)nnc1SCC(=O)Nc1ccc(C(C)=O)cc1. The Balaban J connectivity index is 1.56. The third-order valence-corrected chi connectivity index (χ3v) is 5.91.